The number of nitrogens with one attached hydrogen (secondary N) is 6. The zero-order chi connectivity index (χ0) is 32.8. The van der Waals surface area contributed by atoms with Gasteiger partial charge in [-0.25, -0.2) is 5.43 Å². The number of carbonyl (C=O) groups excluding carboxylic acids is 5. The summed E-state index contributed by atoms with van der Waals surface area (Å²) in [5, 5.41) is 32.0. The highest BCUT2D eigenvalue weighted by molar-refractivity contribution is 7.80. The third-order valence-corrected chi connectivity index (χ3v) is 6.38. The summed E-state index contributed by atoms with van der Waals surface area (Å²) >= 11 is 8.00. The van der Waals surface area contributed by atoms with E-state index in [-0.39, 0.29) is 30.9 Å². The Morgan fingerprint density at radius 2 is 1.40 bits per heavy atom. The Kier molecular flexibility index (Phi) is 21.6. The van der Waals surface area contributed by atoms with E-state index in [9.17, 15) is 38.7 Å². The number of nitrogens with zero attached hydrogens (tertiary/aromatic N) is 1. The molecular weight excluding hydrogens is 608 g/mol. The van der Waals surface area contributed by atoms with E-state index in [0.717, 1.165) is 18.0 Å². The minimum Gasteiger partial charge on any atom is -0.480 e. The summed E-state index contributed by atoms with van der Waals surface area (Å²) in [6.07, 6.45) is 1.27. The highest BCUT2D eigenvalue weighted by atomic mass is 32.1. The molecule has 0 unspecified atom stereocenters. The quantitative estimate of drug-likeness (QED) is 0.0275. The summed E-state index contributed by atoms with van der Waals surface area (Å²) in [6, 6.07) is -3.52. The summed E-state index contributed by atoms with van der Waals surface area (Å²) in [6.45, 7) is 2.05. The molecule has 0 bridgehead atoms. The molecule has 0 rings (SSSR count). The van der Waals surface area contributed by atoms with Crippen molar-refractivity contribution in [3.63, 3.8) is 0 Å². The van der Waals surface area contributed by atoms with E-state index >= 15 is 0 Å². The molecule has 0 aliphatic heterocycles. The second kappa shape index (κ2) is 23.3. The molecule has 0 aromatic carbocycles. The molecule has 17 nitrogen and oxygen atoms in total. The normalized spacial score (nSPS) is 12.7. The molecular formula is C24H44N8O9S2. The van der Waals surface area contributed by atoms with Crippen molar-refractivity contribution < 1.29 is 43.8 Å². The SMILES string of the molecule is CC(=O)N[C@@H](CS)C(=O)NCC(=O)N(CCCCNCCCN)N[C@@H](CCC(=O)N[C@@H](CS)C(=O)NCC(=O)O)C(=O)O. The highest BCUT2D eigenvalue weighted by Gasteiger charge is 2.26. The first kappa shape index (κ1) is 39.9. The van der Waals surface area contributed by atoms with Crippen LogP contribution in [0.5, 0.6) is 0 Å². The number of hydrogen-bond acceptors (Lipinski definition) is 12. The van der Waals surface area contributed by atoms with Crippen LogP contribution < -0.4 is 37.7 Å². The molecule has 0 fully saturated rings. The maximum absolute atomic E-state index is 13.0. The molecule has 0 saturated carbocycles. The molecule has 0 spiro atoms. The molecule has 5 amide bonds. The molecule has 43 heavy (non-hydrogen) atoms. The number of carboxylic acids is 2. The van der Waals surface area contributed by atoms with Gasteiger partial charge in [-0.15, -0.1) is 0 Å². The first-order chi connectivity index (χ1) is 20.4. The number of aliphatic carboxylic acids is 2. The van der Waals surface area contributed by atoms with Crippen LogP contribution in [-0.4, -0.2) is 126 Å². The molecule has 246 valence electrons. The fraction of sp³-hybridized carbons (Fsp3) is 0.708. The summed E-state index contributed by atoms with van der Waals surface area (Å²) in [5.41, 5.74) is 8.08. The van der Waals surface area contributed by atoms with Crippen LogP contribution in [0.2, 0.25) is 0 Å². The lowest BCUT2D eigenvalue weighted by atomic mass is 10.1. The van der Waals surface area contributed by atoms with Crippen molar-refractivity contribution in [1.82, 2.24) is 37.0 Å². The number of hydrazine groups is 1. The lowest BCUT2D eigenvalue weighted by Crippen LogP contribution is -2.56. The van der Waals surface area contributed by atoms with E-state index < -0.39 is 72.7 Å². The van der Waals surface area contributed by atoms with Gasteiger partial charge in [-0.1, -0.05) is 0 Å². The lowest BCUT2D eigenvalue weighted by Gasteiger charge is -2.28. The number of hydrogen-bond donors (Lipinski definition) is 11. The molecule has 0 aliphatic carbocycles. The maximum Gasteiger partial charge on any atom is 0.322 e. The Morgan fingerprint density at radius 3 is 1.93 bits per heavy atom. The predicted octanol–water partition coefficient (Wildman–Crippen LogP) is -3.56. The number of unbranched alkanes of at least 4 members (excludes halogenated alkanes) is 1. The molecule has 0 aromatic heterocycles. The van der Waals surface area contributed by atoms with Gasteiger partial charge in [0.05, 0.1) is 6.54 Å². The van der Waals surface area contributed by atoms with E-state index in [4.69, 9.17) is 10.8 Å². The lowest BCUT2D eigenvalue weighted by molar-refractivity contribution is -0.145. The first-order valence-corrected chi connectivity index (χ1v) is 14.9. The molecule has 0 radical (unpaired) electrons. The predicted molar refractivity (Wildman–Crippen MR) is 162 cm³/mol. The molecule has 0 saturated heterocycles. The minimum atomic E-state index is -1.40. The first-order valence-electron chi connectivity index (χ1n) is 13.6. The summed E-state index contributed by atoms with van der Waals surface area (Å²) in [7, 11) is 0. The van der Waals surface area contributed by atoms with Crippen LogP contribution in [0.25, 0.3) is 0 Å². The molecule has 3 atom stereocenters. The Bertz CT molecular complexity index is 944. The Hall–Kier alpha value is -3.13. The zero-order valence-electron chi connectivity index (χ0n) is 24.1. The van der Waals surface area contributed by atoms with E-state index in [1.807, 2.05) is 0 Å². The van der Waals surface area contributed by atoms with Gasteiger partial charge in [0.25, 0.3) is 5.91 Å². The van der Waals surface area contributed by atoms with Crippen molar-refractivity contribution in [2.75, 3.05) is 50.8 Å². The average molecular weight is 653 g/mol. The van der Waals surface area contributed by atoms with Crippen molar-refractivity contribution in [2.24, 2.45) is 5.73 Å². The van der Waals surface area contributed by atoms with Crippen LogP contribution in [0, 0.1) is 0 Å². The number of carboxylic acid groups (broad SMARTS) is 2. The summed E-state index contributed by atoms with van der Waals surface area (Å²) in [4.78, 5) is 83.8. The van der Waals surface area contributed by atoms with Gasteiger partial charge < -0.3 is 42.5 Å². The van der Waals surface area contributed by atoms with Crippen LogP contribution in [-0.2, 0) is 33.6 Å². The minimum absolute atomic E-state index is 0.0167. The topological polar surface area (TPSA) is 261 Å². The number of amides is 5. The summed E-state index contributed by atoms with van der Waals surface area (Å²) < 4.78 is 0. The molecule has 0 aliphatic rings. The van der Waals surface area contributed by atoms with E-state index in [1.54, 1.807) is 0 Å². The van der Waals surface area contributed by atoms with Gasteiger partial charge in [0.1, 0.15) is 24.7 Å². The molecule has 0 heterocycles. The maximum atomic E-state index is 13.0. The average Bonchev–Trinajstić information content (AvgIpc) is 2.95. The van der Waals surface area contributed by atoms with Crippen molar-refractivity contribution in [3.8, 4) is 0 Å². The van der Waals surface area contributed by atoms with Gasteiger partial charge in [0, 0.05) is 31.4 Å². The van der Waals surface area contributed by atoms with Crippen LogP contribution in [0.3, 0.4) is 0 Å². The third-order valence-electron chi connectivity index (χ3n) is 5.65. The Labute approximate surface area is 261 Å². The van der Waals surface area contributed by atoms with Gasteiger partial charge in [-0.2, -0.15) is 25.3 Å². The molecule has 10 N–H and O–H groups in total. The third kappa shape index (κ3) is 18.9. The number of rotatable bonds is 24. The summed E-state index contributed by atoms with van der Waals surface area (Å²) in [5.74, 6) is -6.02. The van der Waals surface area contributed by atoms with Crippen LogP contribution in [0.4, 0.5) is 0 Å². The fourth-order valence-electron chi connectivity index (χ4n) is 3.41. The largest absolute Gasteiger partial charge is 0.480 e. The van der Waals surface area contributed by atoms with Crippen LogP contribution >= 0.6 is 25.3 Å². The van der Waals surface area contributed by atoms with E-state index in [2.05, 4.69) is 57.3 Å². The van der Waals surface area contributed by atoms with Crippen molar-refractivity contribution >= 4 is 66.7 Å². The van der Waals surface area contributed by atoms with Gasteiger partial charge in [-0.05, 0) is 45.3 Å². The van der Waals surface area contributed by atoms with E-state index in [0.29, 0.717) is 25.9 Å². The Balaban J connectivity index is 5.31. The highest BCUT2D eigenvalue weighted by Crippen LogP contribution is 2.03. The zero-order valence-corrected chi connectivity index (χ0v) is 25.9. The molecule has 19 heteroatoms. The number of thiol groups is 2. The van der Waals surface area contributed by atoms with E-state index in [1.165, 1.54) is 6.92 Å². The van der Waals surface area contributed by atoms with Gasteiger partial charge >= 0.3 is 11.9 Å². The van der Waals surface area contributed by atoms with Crippen molar-refractivity contribution in [1.29, 1.82) is 0 Å². The van der Waals surface area contributed by atoms with Gasteiger partial charge in [0.15, 0.2) is 0 Å². The monoisotopic (exact) mass is 652 g/mol. The smallest absolute Gasteiger partial charge is 0.322 e. The fourth-order valence-corrected chi connectivity index (χ4v) is 3.92. The standard InChI is InChI=1S/C24H44N8O9S2/c1-15(33)29-17(13-42)22(38)27-11-20(35)32(10-3-2-8-26-9-4-7-25)31-16(24(40)41)5-6-19(34)30-18(14-43)23(39)28-12-21(36)37/h16-18,26,31,42-43H,2-14,25H2,1H3,(H,27,38)(H,28,39)(H,29,33)(H,30,34)(H,36,37)(H,40,41)/t16-,17-,18-/m0/s1. The second-order valence-corrected chi connectivity index (χ2v) is 10.0. The van der Waals surface area contributed by atoms with Crippen molar-refractivity contribution in [3.05, 3.63) is 0 Å². The number of carbonyl (C=O) groups is 7. The molecule has 0 aromatic rings. The van der Waals surface area contributed by atoms with Crippen LogP contribution in [0.15, 0.2) is 0 Å². The Morgan fingerprint density at radius 1 is 0.814 bits per heavy atom. The van der Waals surface area contributed by atoms with Crippen LogP contribution in [0.1, 0.15) is 39.0 Å². The van der Waals surface area contributed by atoms with Gasteiger partial charge in [-0.3, -0.25) is 38.6 Å². The van der Waals surface area contributed by atoms with Gasteiger partial charge in [0.2, 0.25) is 23.6 Å². The second-order valence-electron chi connectivity index (χ2n) is 9.27. The number of nitrogens with two attached hydrogens (primary N) is 1. The van der Waals surface area contributed by atoms with Crippen molar-refractivity contribution in [2.45, 2.75) is 57.2 Å².